The summed E-state index contributed by atoms with van der Waals surface area (Å²) in [5, 5.41) is 0. The molecule has 4 N–H and O–H groups in total. The normalized spacial score (nSPS) is 4.67. The van der Waals surface area contributed by atoms with E-state index in [0.29, 0.717) is 0 Å². The Kier molecular flexibility index (Phi) is 45.5. The Morgan fingerprint density at radius 2 is 1.11 bits per heavy atom. The van der Waals surface area contributed by atoms with Crippen LogP contribution in [-0.4, -0.2) is 12.9 Å². The van der Waals surface area contributed by atoms with Crippen LogP contribution in [0.1, 0.15) is 0 Å². The molecule has 48 valence electrons. The number of nitrogens with two attached hydrogens (primary N) is 2. The Labute approximate surface area is 64.1 Å². The summed E-state index contributed by atoms with van der Waals surface area (Å²) in [7, 11) is 0. The first-order chi connectivity index (χ1) is 3.83. The fourth-order valence-corrected chi connectivity index (χ4v) is 0. The predicted octanol–water partition coefficient (Wildman–Crippen LogP) is -2.11. The van der Waals surface area contributed by atoms with Gasteiger partial charge in [-0.25, -0.2) is 11.8 Å². The Morgan fingerprint density at radius 1 is 1.00 bits per heavy atom. The van der Waals surface area contributed by atoms with Crippen molar-refractivity contribution in [3.05, 3.63) is 0 Å². The maximum absolute atomic E-state index is 8.70. The number of carbonyl (C=O) groups excluding carboxylic acids is 2. The van der Waals surface area contributed by atoms with E-state index in [1.165, 1.54) is 0 Å². The van der Waals surface area contributed by atoms with E-state index < -0.39 is 0 Å². The van der Waals surface area contributed by atoms with Crippen molar-refractivity contribution in [3.63, 3.8) is 0 Å². The van der Waals surface area contributed by atoms with Crippen LogP contribution in [0.25, 0.3) is 0 Å². The van der Waals surface area contributed by atoms with Gasteiger partial charge in [-0.1, -0.05) is 0 Å². The van der Waals surface area contributed by atoms with Crippen LogP contribution < -0.4 is 11.8 Å². The number of hydrogen-bond acceptors (Lipinski definition) is 6. The quantitative estimate of drug-likeness (QED) is 0.290. The van der Waals surface area contributed by atoms with E-state index in [2.05, 4.69) is 21.5 Å². The summed E-state index contributed by atoms with van der Waals surface area (Å²) in [5.74, 6) is 8.21. The summed E-state index contributed by atoms with van der Waals surface area (Å²) in [5.41, 5.74) is 0. The second-order valence-corrected chi connectivity index (χ2v) is 0.402. The average molecular weight is 185 g/mol. The largest absolute Gasteiger partial charge is 2.00 e. The minimum atomic E-state index is 0. The van der Waals surface area contributed by atoms with E-state index >= 15 is 0 Å². The molecule has 0 atom stereocenters. The van der Waals surface area contributed by atoms with Gasteiger partial charge < -0.3 is 19.3 Å². The molecule has 0 fully saturated rings. The van der Waals surface area contributed by atoms with Gasteiger partial charge in [-0.15, -0.1) is 0 Å². The molecule has 0 bridgehead atoms. The summed E-state index contributed by atoms with van der Waals surface area (Å²) in [6.07, 6.45) is 0. The standard InChI is InChI=1S/2CH2NO2.Zn/c2*2-4-1-3;/h2*2H2;/q2*-1;+2. The van der Waals surface area contributed by atoms with Crippen molar-refractivity contribution in [1.29, 1.82) is 0 Å². The smallest absolute Gasteiger partial charge is 0.574 e. The Bertz CT molecular complexity index is 52.5. The summed E-state index contributed by atoms with van der Waals surface area (Å²) in [6, 6.07) is 0. The third kappa shape index (κ3) is 102. The minimum Gasteiger partial charge on any atom is -0.574 e. The summed E-state index contributed by atoms with van der Waals surface area (Å²) < 4.78 is 0. The van der Waals surface area contributed by atoms with Gasteiger partial charge in [0.05, 0.1) is 0 Å². The van der Waals surface area contributed by atoms with Crippen LogP contribution in [0.2, 0.25) is 0 Å². The molecule has 0 amide bonds. The maximum Gasteiger partial charge on any atom is 2.00 e. The third-order valence-electron chi connectivity index (χ3n) is 0.0962. The topological polar surface area (TPSA) is 105 Å². The molecule has 0 rings (SSSR count). The summed E-state index contributed by atoms with van der Waals surface area (Å²) >= 11 is 0. The molecular formula is C2H4N2O4Zn. The Hall–Kier alpha value is -0.517. The van der Waals surface area contributed by atoms with Gasteiger partial charge in [0.25, 0.3) is 0 Å². The second kappa shape index (κ2) is 25.9. The van der Waals surface area contributed by atoms with Gasteiger partial charge >= 0.3 is 19.5 Å². The van der Waals surface area contributed by atoms with Crippen molar-refractivity contribution in [1.82, 2.24) is 0 Å². The first-order valence-corrected chi connectivity index (χ1v) is 1.29. The molecule has 0 aromatic rings. The van der Waals surface area contributed by atoms with Crippen LogP contribution in [0.5, 0.6) is 0 Å². The minimum absolute atomic E-state index is 0. The van der Waals surface area contributed by atoms with Crippen LogP contribution in [0.4, 0.5) is 0 Å². The van der Waals surface area contributed by atoms with Crippen molar-refractivity contribution >= 4 is 12.9 Å². The van der Waals surface area contributed by atoms with Gasteiger partial charge in [0.15, 0.2) is 0 Å². The molecule has 0 spiro atoms. The molecule has 0 unspecified atom stereocenters. The Morgan fingerprint density at radius 3 is 1.11 bits per heavy atom. The molecule has 0 saturated heterocycles. The summed E-state index contributed by atoms with van der Waals surface area (Å²) in [6.45, 7) is 1.92. The SMILES string of the molecule is NO[C-]=O.NO[C-]=O.[Zn+2]. The third-order valence-corrected chi connectivity index (χ3v) is 0.0962. The van der Waals surface area contributed by atoms with Gasteiger partial charge in [0.2, 0.25) is 0 Å². The molecule has 9 heavy (non-hydrogen) atoms. The van der Waals surface area contributed by atoms with E-state index in [1.807, 2.05) is 0 Å². The van der Waals surface area contributed by atoms with E-state index in [4.69, 9.17) is 9.59 Å². The van der Waals surface area contributed by atoms with Crippen LogP contribution in [0.15, 0.2) is 0 Å². The molecule has 0 aromatic heterocycles. The number of hydrogen-bond donors (Lipinski definition) is 2. The molecule has 0 heterocycles. The van der Waals surface area contributed by atoms with Crippen LogP contribution in [0, 0.1) is 0 Å². The van der Waals surface area contributed by atoms with Crippen molar-refractivity contribution in [3.8, 4) is 0 Å². The van der Waals surface area contributed by atoms with Gasteiger partial charge in [-0.2, -0.15) is 0 Å². The molecule has 0 radical (unpaired) electrons. The van der Waals surface area contributed by atoms with Gasteiger partial charge in [-0.05, 0) is 12.9 Å². The van der Waals surface area contributed by atoms with Crippen molar-refractivity contribution < 1.29 is 38.7 Å². The molecule has 7 heteroatoms. The van der Waals surface area contributed by atoms with Gasteiger partial charge in [-0.3, -0.25) is 0 Å². The number of rotatable bonds is 2. The molecule has 0 aliphatic carbocycles. The molecule has 0 saturated carbocycles. The van der Waals surface area contributed by atoms with Gasteiger partial charge in [0.1, 0.15) is 0 Å². The van der Waals surface area contributed by atoms with Crippen molar-refractivity contribution in [2.75, 3.05) is 0 Å². The van der Waals surface area contributed by atoms with Gasteiger partial charge in [0, 0.05) is 0 Å². The zero-order valence-electron chi connectivity index (χ0n) is 4.49. The van der Waals surface area contributed by atoms with Crippen molar-refractivity contribution in [2.24, 2.45) is 11.8 Å². The van der Waals surface area contributed by atoms with E-state index in [9.17, 15) is 0 Å². The monoisotopic (exact) mass is 184 g/mol. The molecule has 0 aliphatic rings. The zero-order chi connectivity index (χ0) is 6.83. The van der Waals surface area contributed by atoms with Crippen LogP contribution in [-0.2, 0) is 38.7 Å². The molecule has 0 aliphatic heterocycles. The van der Waals surface area contributed by atoms with Crippen LogP contribution in [0.3, 0.4) is 0 Å². The van der Waals surface area contributed by atoms with Crippen molar-refractivity contribution in [2.45, 2.75) is 0 Å². The molecular weight excluding hydrogens is 181 g/mol. The zero-order valence-corrected chi connectivity index (χ0v) is 7.46. The second-order valence-electron chi connectivity index (χ2n) is 0.402. The summed E-state index contributed by atoms with van der Waals surface area (Å²) in [4.78, 5) is 23.9. The fraction of sp³-hybridized carbons (Fsp3) is 0. The van der Waals surface area contributed by atoms with E-state index in [-0.39, 0.29) is 19.5 Å². The molecule has 6 nitrogen and oxygen atoms in total. The first-order valence-electron chi connectivity index (χ1n) is 1.29. The van der Waals surface area contributed by atoms with E-state index in [0.717, 1.165) is 12.9 Å². The first kappa shape index (κ1) is 15.8. The van der Waals surface area contributed by atoms with Crippen LogP contribution >= 0.6 is 0 Å². The van der Waals surface area contributed by atoms with E-state index in [1.54, 1.807) is 0 Å². The maximum atomic E-state index is 8.70. The predicted molar refractivity (Wildman–Crippen MR) is 21.9 cm³/mol. The average Bonchev–Trinajstić information content (AvgIpc) is 1.88. The fourth-order valence-electron chi connectivity index (χ4n) is 0. The Balaban J connectivity index is -0.0000000720. The molecule has 0 aromatic carbocycles.